The van der Waals surface area contributed by atoms with Crippen molar-refractivity contribution < 1.29 is 4.74 Å². The zero-order valence-corrected chi connectivity index (χ0v) is 15.1. The highest BCUT2D eigenvalue weighted by Gasteiger charge is 2.26. The number of ether oxygens (including phenoxy) is 1. The van der Waals surface area contributed by atoms with E-state index in [0.29, 0.717) is 37.5 Å². The van der Waals surface area contributed by atoms with Gasteiger partial charge in [0, 0.05) is 0 Å². The first-order valence-electron chi connectivity index (χ1n) is 8.43. The topological polar surface area (TPSA) is 61.3 Å². The molecule has 126 valence electrons. The first-order chi connectivity index (χ1) is 10.3. The zero-order valence-electron chi connectivity index (χ0n) is 15.1. The van der Waals surface area contributed by atoms with Crippen molar-refractivity contribution in [1.29, 1.82) is 0 Å². The Bertz CT molecular complexity index is 461. The van der Waals surface area contributed by atoms with E-state index in [1.54, 1.807) is 0 Å². The summed E-state index contributed by atoms with van der Waals surface area (Å²) in [5, 5.41) is 0. The van der Waals surface area contributed by atoms with Gasteiger partial charge in [-0.15, -0.1) is 0 Å². The van der Waals surface area contributed by atoms with Gasteiger partial charge in [-0.3, -0.25) is 0 Å². The van der Waals surface area contributed by atoms with Crippen LogP contribution >= 0.6 is 0 Å². The third-order valence-electron chi connectivity index (χ3n) is 4.80. The highest BCUT2D eigenvalue weighted by molar-refractivity contribution is 5.42. The smallest absolute Gasteiger partial charge is 0.122 e. The number of nitrogens with two attached hydrogens (primary N) is 2. The van der Waals surface area contributed by atoms with Gasteiger partial charge in [-0.1, -0.05) is 46.8 Å². The lowest BCUT2D eigenvalue weighted by molar-refractivity contribution is 0.304. The van der Waals surface area contributed by atoms with E-state index in [2.05, 4.69) is 52.8 Å². The van der Waals surface area contributed by atoms with Crippen molar-refractivity contribution in [2.24, 2.45) is 23.3 Å². The summed E-state index contributed by atoms with van der Waals surface area (Å²) >= 11 is 0. The molecule has 0 saturated carbocycles. The lowest BCUT2D eigenvalue weighted by Gasteiger charge is -2.30. The molecule has 2 unspecified atom stereocenters. The summed E-state index contributed by atoms with van der Waals surface area (Å²) in [7, 11) is 0. The van der Waals surface area contributed by atoms with Crippen molar-refractivity contribution in [1.82, 2.24) is 0 Å². The van der Waals surface area contributed by atoms with E-state index in [9.17, 15) is 0 Å². The Morgan fingerprint density at radius 1 is 1.09 bits per heavy atom. The highest BCUT2D eigenvalue weighted by atomic mass is 16.5. The molecule has 0 radical (unpaired) electrons. The molecule has 0 aliphatic carbocycles. The highest BCUT2D eigenvalue weighted by Crippen LogP contribution is 2.37. The molecule has 0 aliphatic rings. The fraction of sp³-hybridized carbons (Fsp3) is 0.684. The number of hydrogen-bond donors (Lipinski definition) is 2. The maximum absolute atomic E-state index is 5.88. The fourth-order valence-electron chi connectivity index (χ4n) is 2.87. The number of benzene rings is 1. The van der Waals surface area contributed by atoms with Crippen LogP contribution in [0, 0.1) is 11.8 Å². The van der Waals surface area contributed by atoms with E-state index in [4.69, 9.17) is 16.2 Å². The van der Waals surface area contributed by atoms with Crippen LogP contribution in [0.5, 0.6) is 5.75 Å². The molecule has 3 heteroatoms. The van der Waals surface area contributed by atoms with E-state index >= 15 is 0 Å². The molecule has 3 nitrogen and oxygen atoms in total. The van der Waals surface area contributed by atoms with E-state index in [0.717, 1.165) is 5.75 Å². The quantitative estimate of drug-likeness (QED) is 0.808. The van der Waals surface area contributed by atoms with E-state index in [1.165, 1.54) is 11.1 Å². The standard InChI is InChI=1S/C19H34N2O/c1-7-22-18-9-8-16(19(4,5)6)10-17(18)14(3)13(2)15(11-20)12-21/h8-10,13-15H,7,11-12,20-21H2,1-6H3. The predicted molar refractivity (Wildman–Crippen MR) is 95.5 cm³/mol. The maximum atomic E-state index is 5.88. The second-order valence-corrected chi connectivity index (χ2v) is 7.31. The molecular formula is C19H34N2O. The summed E-state index contributed by atoms with van der Waals surface area (Å²) in [6.07, 6.45) is 0. The Morgan fingerprint density at radius 3 is 2.14 bits per heavy atom. The van der Waals surface area contributed by atoms with Crippen molar-refractivity contribution in [3.8, 4) is 5.75 Å². The maximum Gasteiger partial charge on any atom is 0.122 e. The third kappa shape index (κ3) is 4.47. The van der Waals surface area contributed by atoms with Crippen molar-refractivity contribution >= 4 is 0 Å². The van der Waals surface area contributed by atoms with Gasteiger partial charge in [-0.2, -0.15) is 0 Å². The first-order valence-corrected chi connectivity index (χ1v) is 8.43. The Morgan fingerprint density at radius 2 is 1.68 bits per heavy atom. The molecule has 0 heterocycles. The average molecular weight is 306 g/mol. The normalized spacial score (nSPS) is 15.0. The van der Waals surface area contributed by atoms with Crippen molar-refractivity contribution in [3.05, 3.63) is 29.3 Å². The Balaban J connectivity index is 3.22. The lowest BCUT2D eigenvalue weighted by atomic mass is 9.77. The average Bonchev–Trinajstić information content (AvgIpc) is 2.47. The molecule has 0 aromatic heterocycles. The van der Waals surface area contributed by atoms with Gasteiger partial charge in [-0.05, 0) is 60.4 Å². The Labute approximate surface area is 136 Å². The van der Waals surface area contributed by atoms with E-state index in [1.807, 2.05) is 6.92 Å². The molecule has 0 fully saturated rings. The summed E-state index contributed by atoms with van der Waals surface area (Å²) in [6.45, 7) is 15.2. The number of rotatable bonds is 7. The van der Waals surface area contributed by atoms with E-state index in [-0.39, 0.29) is 5.41 Å². The van der Waals surface area contributed by atoms with Gasteiger partial charge in [0.15, 0.2) is 0 Å². The van der Waals surface area contributed by atoms with Crippen molar-refractivity contribution in [3.63, 3.8) is 0 Å². The molecular weight excluding hydrogens is 272 g/mol. The van der Waals surface area contributed by atoms with Crippen LogP contribution in [0.1, 0.15) is 58.6 Å². The first kappa shape index (κ1) is 19.0. The number of hydrogen-bond acceptors (Lipinski definition) is 3. The van der Waals surface area contributed by atoms with Gasteiger partial charge in [-0.25, -0.2) is 0 Å². The van der Waals surface area contributed by atoms with Crippen LogP contribution in [-0.4, -0.2) is 19.7 Å². The molecule has 2 atom stereocenters. The second-order valence-electron chi connectivity index (χ2n) is 7.31. The summed E-state index contributed by atoms with van der Waals surface area (Å²) < 4.78 is 5.86. The van der Waals surface area contributed by atoms with Gasteiger partial charge < -0.3 is 16.2 Å². The van der Waals surface area contributed by atoms with Crippen molar-refractivity contribution in [2.45, 2.75) is 52.9 Å². The molecule has 0 spiro atoms. The van der Waals surface area contributed by atoms with Crippen LogP contribution < -0.4 is 16.2 Å². The SMILES string of the molecule is CCOc1ccc(C(C)(C)C)cc1C(C)C(C)C(CN)CN. The van der Waals surface area contributed by atoms with Crippen LogP contribution in [0.25, 0.3) is 0 Å². The van der Waals surface area contributed by atoms with Crippen LogP contribution in [0.3, 0.4) is 0 Å². The Kier molecular flexibility index (Phi) is 6.89. The minimum atomic E-state index is 0.129. The van der Waals surface area contributed by atoms with Gasteiger partial charge in [0.05, 0.1) is 6.61 Å². The zero-order chi connectivity index (χ0) is 16.9. The summed E-state index contributed by atoms with van der Waals surface area (Å²) in [5.41, 5.74) is 14.5. The molecule has 1 aromatic rings. The molecule has 1 aromatic carbocycles. The van der Waals surface area contributed by atoms with Gasteiger partial charge in [0.1, 0.15) is 5.75 Å². The van der Waals surface area contributed by atoms with Crippen LogP contribution in [0.2, 0.25) is 0 Å². The summed E-state index contributed by atoms with van der Waals surface area (Å²) in [5.74, 6) is 2.11. The molecule has 0 amide bonds. The van der Waals surface area contributed by atoms with E-state index < -0.39 is 0 Å². The molecule has 0 saturated heterocycles. The Hall–Kier alpha value is -1.06. The minimum absolute atomic E-state index is 0.129. The predicted octanol–water partition coefficient (Wildman–Crippen LogP) is 3.66. The largest absolute Gasteiger partial charge is 0.494 e. The van der Waals surface area contributed by atoms with Gasteiger partial charge >= 0.3 is 0 Å². The summed E-state index contributed by atoms with van der Waals surface area (Å²) in [4.78, 5) is 0. The lowest BCUT2D eigenvalue weighted by Crippen LogP contribution is -2.31. The second kappa shape index (κ2) is 7.98. The fourth-order valence-corrected chi connectivity index (χ4v) is 2.87. The van der Waals surface area contributed by atoms with Gasteiger partial charge in [0.2, 0.25) is 0 Å². The monoisotopic (exact) mass is 306 g/mol. The third-order valence-corrected chi connectivity index (χ3v) is 4.80. The van der Waals surface area contributed by atoms with Crippen molar-refractivity contribution in [2.75, 3.05) is 19.7 Å². The molecule has 0 aliphatic heterocycles. The summed E-state index contributed by atoms with van der Waals surface area (Å²) in [6, 6.07) is 6.59. The minimum Gasteiger partial charge on any atom is -0.494 e. The van der Waals surface area contributed by atoms with Crippen LogP contribution in [0.4, 0.5) is 0 Å². The molecule has 4 N–H and O–H groups in total. The van der Waals surface area contributed by atoms with Gasteiger partial charge in [0.25, 0.3) is 0 Å². The molecule has 0 bridgehead atoms. The molecule has 1 rings (SSSR count). The van der Waals surface area contributed by atoms with Crippen LogP contribution in [0.15, 0.2) is 18.2 Å². The molecule has 22 heavy (non-hydrogen) atoms. The van der Waals surface area contributed by atoms with Crippen LogP contribution in [-0.2, 0) is 5.41 Å².